The van der Waals surface area contributed by atoms with Crippen molar-refractivity contribution in [2.75, 3.05) is 13.7 Å². The molecule has 3 nitrogen and oxygen atoms in total. The molecule has 0 bridgehead atoms. The van der Waals surface area contributed by atoms with Crippen molar-refractivity contribution in [2.45, 2.75) is 6.10 Å². The maximum Gasteiger partial charge on any atom is 0.197 e. The molecular weight excluding hydrogens is 187 g/mol. The second-order valence-electron chi connectivity index (χ2n) is 3.03. The van der Waals surface area contributed by atoms with Gasteiger partial charge in [0.05, 0.1) is 19.3 Å². The minimum atomic E-state index is -0.449. The fraction of sp³-hybridized carbons (Fsp3) is 0.300. The molecule has 1 aromatic rings. The summed E-state index contributed by atoms with van der Waals surface area (Å²) in [7, 11) is 1.44. The van der Waals surface area contributed by atoms with Crippen LogP contribution in [0.4, 0.5) is 4.39 Å². The van der Waals surface area contributed by atoms with Crippen LogP contribution in [-0.2, 0) is 4.74 Å². The Hall–Kier alpha value is -1.42. The largest absolute Gasteiger partial charge is 0.496 e. The summed E-state index contributed by atoms with van der Waals surface area (Å²) in [6.07, 6.45) is -0.411. The van der Waals surface area contributed by atoms with Gasteiger partial charge in [-0.3, -0.25) is 4.79 Å². The number of ether oxygens (including phenoxy) is 2. The highest BCUT2D eigenvalue weighted by atomic mass is 19.1. The lowest BCUT2D eigenvalue weighted by atomic mass is 10.1. The molecule has 1 heterocycles. The third-order valence-electron chi connectivity index (χ3n) is 2.05. The minimum absolute atomic E-state index is 0.221. The molecule has 0 spiro atoms. The van der Waals surface area contributed by atoms with E-state index in [1.54, 1.807) is 0 Å². The number of hydrogen-bond donors (Lipinski definition) is 0. The van der Waals surface area contributed by atoms with Crippen LogP contribution < -0.4 is 4.74 Å². The number of carbonyl (C=O) groups excluding carboxylic acids is 1. The van der Waals surface area contributed by atoms with E-state index in [-0.39, 0.29) is 11.3 Å². The second kappa shape index (κ2) is 3.38. The first-order valence-electron chi connectivity index (χ1n) is 4.21. The van der Waals surface area contributed by atoms with Crippen LogP contribution in [0.15, 0.2) is 18.2 Å². The van der Waals surface area contributed by atoms with E-state index in [1.807, 2.05) is 0 Å². The van der Waals surface area contributed by atoms with E-state index in [1.165, 1.54) is 25.3 Å². The topological polar surface area (TPSA) is 38.8 Å². The zero-order valence-electron chi connectivity index (χ0n) is 7.62. The van der Waals surface area contributed by atoms with Crippen molar-refractivity contribution < 1.29 is 18.7 Å². The Kier molecular flexibility index (Phi) is 2.21. The molecule has 1 saturated heterocycles. The highest BCUT2D eigenvalue weighted by Crippen LogP contribution is 2.25. The highest BCUT2D eigenvalue weighted by Gasteiger charge is 2.33. The van der Waals surface area contributed by atoms with Crippen LogP contribution in [0.2, 0.25) is 0 Å². The average molecular weight is 196 g/mol. The fourth-order valence-electron chi connectivity index (χ4n) is 1.25. The lowest BCUT2D eigenvalue weighted by Gasteiger charge is -2.05. The number of benzene rings is 1. The molecule has 1 unspecified atom stereocenters. The Balaban J connectivity index is 2.37. The van der Waals surface area contributed by atoms with Crippen LogP contribution >= 0.6 is 0 Å². The predicted octanol–water partition coefficient (Wildman–Crippen LogP) is 1.42. The van der Waals surface area contributed by atoms with Crippen molar-refractivity contribution in [3.63, 3.8) is 0 Å². The molecule has 74 valence electrons. The SMILES string of the molecule is COc1ccc(F)cc1C(=O)C1CO1. The number of halogens is 1. The monoisotopic (exact) mass is 196 g/mol. The van der Waals surface area contributed by atoms with Gasteiger partial charge in [0.25, 0.3) is 0 Å². The third kappa shape index (κ3) is 1.61. The van der Waals surface area contributed by atoms with Crippen LogP contribution in [-0.4, -0.2) is 25.6 Å². The fourth-order valence-corrected chi connectivity index (χ4v) is 1.25. The van der Waals surface area contributed by atoms with Gasteiger partial charge in [-0.25, -0.2) is 4.39 Å². The lowest BCUT2D eigenvalue weighted by Crippen LogP contribution is -2.09. The van der Waals surface area contributed by atoms with Gasteiger partial charge in [0, 0.05) is 0 Å². The summed E-state index contributed by atoms with van der Waals surface area (Å²) in [6, 6.07) is 3.86. The Morgan fingerprint density at radius 2 is 2.36 bits per heavy atom. The van der Waals surface area contributed by atoms with Crippen LogP contribution in [0.25, 0.3) is 0 Å². The van der Waals surface area contributed by atoms with Gasteiger partial charge in [-0.1, -0.05) is 0 Å². The normalized spacial score (nSPS) is 19.1. The molecule has 0 radical (unpaired) electrons. The number of methoxy groups -OCH3 is 1. The van der Waals surface area contributed by atoms with E-state index in [2.05, 4.69) is 0 Å². The average Bonchev–Trinajstić information content (AvgIpc) is 3.00. The van der Waals surface area contributed by atoms with E-state index in [0.717, 1.165) is 0 Å². The predicted molar refractivity (Wildman–Crippen MR) is 47.0 cm³/mol. The molecule has 0 aliphatic carbocycles. The molecule has 14 heavy (non-hydrogen) atoms. The van der Waals surface area contributed by atoms with Crippen molar-refractivity contribution in [2.24, 2.45) is 0 Å². The van der Waals surface area contributed by atoms with Gasteiger partial charge in [0.1, 0.15) is 17.7 Å². The van der Waals surface area contributed by atoms with Crippen molar-refractivity contribution in [3.05, 3.63) is 29.6 Å². The Labute approximate surface area is 80.4 Å². The lowest BCUT2D eigenvalue weighted by molar-refractivity contribution is 0.0950. The molecule has 2 rings (SSSR count). The first kappa shape index (κ1) is 9.15. The van der Waals surface area contributed by atoms with Crippen molar-refractivity contribution in [1.82, 2.24) is 0 Å². The molecule has 1 fully saturated rings. The number of ketones is 1. The number of Topliss-reactive ketones (excluding diaryl/α,β-unsaturated/α-hetero) is 1. The molecular formula is C10H9FO3. The van der Waals surface area contributed by atoms with Gasteiger partial charge in [-0.2, -0.15) is 0 Å². The molecule has 4 heteroatoms. The number of rotatable bonds is 3. The van der Waals surface area contributed by atoms with E-state index in [0.29, 0.717) is 12.4 Å². The van der Waals surface area contributed by atoms with Gasteiger partial charge in [0.15, 0.2) is 5.78 Å². The van der Waals surface area contributed by atoms with Gasteiger partial charge in [-0.15, -0.1) is 0 Å². The number of carbonyl (C=O) groups is 1. The van der Waals surface area contributed by atoms with E-state index in [4.69, 9.17) is 9.47 Å². The summed E-state index contributed by atoms with van der Waals surface area (Å²) in [5.41, 5.74) is 0.245. The first-order chi connectivity index (χ1) is 6.72. The van der Waals surface area contributed by atoms with Gasteiger partial charge in [-0.05, 0) is 18.2 Å². The van der Waals surface area contributed by atoms with E-state index < -0.39 is 11.9 Å². The zero-order chi connectivity index (χ0) is 10.1. The molecule has 0 amide bonds. The molecule has 1 aromatic carbocycles. The molecule has 0 aromatic heterocycles. The number of hydrogen-bond acceptors (Lipinski definition) is 3. The molecule has 1 aliphatic rings. The number of epoxide rings is 1. The Morgan fingerprint density at radius 1 is 1.64 bits per heavy atom. The summed E-state index contributed by atoms with van der Waals surface area (Å²) < 4.78 is 22.7. The standard InChI is InChI=1S/C10H9FO3/c1-13-8-3-2-6(11)4-7(8)10(12)9-5-14-9/h2-4,9H,5H2,1H3. The van der Waals surface area contributed by atoms with Gasteiger partial charge in [0.2, 0.25) is 0 Å². The smallest absolute Gasteiger partial charge is 0.197 e. The van der Waals surface area contributed by atoms with Crippen molar-refractivity contribution >= 4 is 5.78 Å². The quantitative estimate of drug-likeness (QED) is 0.542. The second-order valence-corrected chi connectivity index (χ2v) is 3.03. The molecule has 1 atom stereocenters. The van der Waals surface area contributed by atoms with Crippen LogP contribution in [0, 0.1) is 5.82 Å². The minimum Gasteiger partial charge on any atom is -0.496 e. The summed E-state index contributed by atoms with van der Waals surface area (Å²) in [6.45, 7) is 0.415. The van der Waals surface area contributed by atoms with E-state index in [9.17, 15) is 9.18 Å². The zero-order valence-corrected chi connectivity index (χ0v) is 7.62. The summed E-state index contributed by atoms with van der Waals surface area (Å²) in [5.74, 6) is -0.289. The first-order valence-corrected chi connectivity index (χ1v) is 4.21. The molecule has 0 N–H and O–H groups in total. The molecule has 0 saturated carbocycles. The maximum absolute atomic E-state index is 12.9. The van der Waals surface area contributed by atoms with Crippen molar-refractivity contribution in [3.8, 4) is 5.75 Å². The van der Waals surface area contributed by atoms with Crippen LogP contribution in [0.5, 0.6) is 5.75 Å². The summed E-state index contributed by atoms with van der Waals surface area (Å²) >= 11 is 0. The Morgan fingerprint density at radius 3 is 2.93 bits per heavy atom. The maximum atomic E-state index is 12.9. The Bertz CT molecular complexity index is 372. The van der Waals surface area contributed by atoms with Crippen molar-refractivity contribution in [1.29, 1.82) is 0 Å². The van der Waals surface area contributed by atoms with Crippen LogP contribution in [0.3, 0.4) is 0 Å². The summed E-state index contributed by atoms with van der Waals surface area (Å²) in [4.78, 5) is 11.6. The van der Waals surface area contributed by atoms with Gasteiger partial charge >= 0.3 is 0 Å². The van der Waals surface area contributed by atoms with Crippen LogP contribution in [0.1, 0.15) is 10.4 Å². The van der Waals surface area contributed by atoms with E-state index >= 15 is 0 Å². The highest BCUT2D eigenvalue weighted by molar-refractivity contribution is 6.03. The molecule has 1 aliphatic heterocycles. The summed E-state index contributed by atoms with van der Waals surface area (Å²) in [5, 5.41) is 0. The third-order valence-corrected chi connectivity index (χ3v) is 2.05. The van der Waals surface area contributed by atoms with Gasteiger partial charge < -0.3 is 9.47 Å².